The number of benzene rings is 1. The molecule has 1 aromatic heterocycles. The van der Waals surface area contributed by atoms with Gasteiger partial charge < -0.3 is 15.2 Å². The number of carbonyl (C=O) groups is 1. The van der Waals surface area contributed by atoms with Crippen LogP contribution in [0.15, 0.2) is 40.6 Å². The molecule has 1 aliphatic heterocycles. The zero-order valence-electron chi connectivity index (χ0n) is 11.6. The molecule has 0 fully saturated rings. The third kappa shape index (κ3) is 3.32. The van der Waals surface area contributed by atoms with E-state index in [1.54, 1.807) is 24.3 Å². The van der Waals surface area contributed by atoms with Gasteiger partial charge in [-0.15, -0.1) is 0 Å². The van der Waals surface area contributed by atoms with E-state index in [0.29, 0.717) is 16.3 Å². The van der Waals surface area contributed by atoms with Gasteiger partial charge in [0.25, 0.3) is 5.91 Å². The molecule has 0 bridgehead atoms. The molecule has 1 unspecified atom stereocenters. The smallest absolute Gasteiger partial charge is 0.250 e. The average molecular weight is 336 g/mol. The number of rotatable bonds is 4. The van der Waals surface area contributed by atoms with Crippen molar-refractivity contribution in [1.82, 2.24) is 5.32 Å². The Balaban J connectivity index is 1.66. The fourth-order valence-corrected chi connectivity index (χ4v) is 3.05. The van der Waals surface area contributed by atoms with E-state index in [1.807, 2.05) is 16.8 Å². The molecule has 0 saturated carbocycles. The summed E-state index contributed by atoms with van der Waals surface area (Å²) in [5.74, 6) is 0.458. The fourth-order valence-electron chi connectivity index (χ4n) is 2.16. The lowest BCUT2D eigenvalue weighted by Gasteiger charge is -2.18. The van der Waals surface area contributed by atoms with Crippen LogP contribution in [0.25, 0.3) is 6.08 Å². The molecular formula is C16H14ClNO3S. The second-order valence-corrected chi connectivity index (χ2v) is 6.14. The van der Waals surface area contributed by atoms with Crippen LogP contribution in [0.5, 0.6) is 5.75 Å². The van der Waals surface area contributed by atoms with E-state index in [1.165, 1.54) is 11.3 Å². The summed E-state index contributed by atoms with van der Waals surface area (Å²) >= 11 is 7.45. The molecule has 3 rings (SSSR count). The molecule has 0 saturated heterocycles. The van der Waals surface area contributed by atoms with Gasteiger partial charge in [0.2, 0.25) is 0 Å². The molecule has 1 aliphatic rings. The molecular weight excluding hydrogens is 322 g/mol. The van der Waals surface area contributed by atoms with Crippen molar-refractivity contribution < 1.29 is 14.6 Å². The average Bonchev–Trinajstić information content (AvgIpc) is 3.06. The van der Waals surface area contributed by atoms with Gasteiger partial charge in [0.15, 0.2) is 0 Å². The van der Waals surface area contributed by atoms with Crippen molar-refractivity contribution >= 4 is 34.9 Å². The molecule has 1 amide bonds. The summed E-state index contributed by atoms with van der Waals surface area (Å²) in [6.45, 7) is 0.365. The number of thiophene rings is 1. The number of hydrogen-bond acceptors (Lipinski definition) is 4. The van der Waals surface area contributed by atoms with E-state index >= 15 is 0 Å². The quantitative estimate of drug-likeness (QED) is 0.903. The van der Waals surface area contributed by atoms with E-state index in [2.05, 4.69) is 5.32 Å². The molecule has 4 nitrogen and oxygen atoms in total. The lowest BCUT2D eigenvalue weighted by atomic mass is 10.1. The van der Waals surface area contributed by atoms with Gasteiger partial charge in [-0.05, 0) is 46.7 Å². The first-order valence-electron chi connectivity index (χ1n) is 6.75. The Kier molecular flexibility index (Phi) is 4.47. The van der Waals surface area contributed by atoms with Crippen LogP contribution >= 0.6 is 22.9 Å². The monoisotopic (exact) mass is 335 g/mol. The Morgan fingerprint density at radius 1 is 1.45 bits per heavy atom. The minimum absolute atomic E-state index is 0.162. The largest absolute Gasteiger partial charge is 0.488 e. The number of amides is 1. The SMILES string of the molecule is O=C(NCC(O)c1ccsc1)C1=Cc2cc(Cl)ccc2OC1. The standard InChI is InChI=1S/C16H14ClNO3S/c17-13-1-2-15-11(6-13)5-12(8-21-15)16(20)18-7-14(19)10-3-4-22-9-10/h1-6,9,14,19H,7-8H2,(H,18,20). The fraction of sp³-hybridized carbons (Fsp3) is 0.188. The predicted octanol–water partition coefficient (Wildman–Crippen LogP) is 3.03. The van der Waals surface area contributed by atoms with Crippen molar-refractivity contribution in [3.63, 3.8) is 0 Å². The van der Waals surface area contributed by atoms with Crippen LogP contribution in [-0.2, 0) is 4.79 Å². The van der Waals surface area contributed by atoms with E-state index in [4.69, 9.17) is 16.3 Å². The van der Waals surface area contributed by atoms with Crippen molar-refractivity contribution in [2.45, 2.75) is 6.10 Å². The maximum atomic E-state index is 12.2. The molecule has 0 spiro atoms. The van der Waals surface area contributed by atoms with Gasteiger partial charge in [-0.1, -0.05) is 11.6 Å². The maximum absolute atomic E-state index is 12.2. The first-order chi connectivity index (χ1) is 10.6. The Hall–Kier alpha value is -1.82. The van der Waals surface area contributed by atoms with Crippen LogP contribution in [0, 0.1) is 0 Å². The van der Waals surface area contributed by atoms with Gasteiger partial charge >= 0.3 is 0 Å². The number of aliphatic hydroxyl groups excluding tert-OH is 1. The van der Waals surface area contributed by atoms with Gasteiger partial charge in [-0.3, -0.25) is 4.79 Å². The second kappa shape index (κ2) is 6.52. The Morgan fingerprint density at radius 3 is 3.09 bits per heavy atom. The lowest BCUT2D eigenvalue weighted by Crippen LogP contribution is -2.31. The van der Waals surface area contributed by atoms with Gasteiger partial charge in [0.05, 0.1) is 11.7 Å². The van der Waals surface area contributed by atoms with Gasteiger partial charge in [0, 0.05) is 17.1 Å². The number of fused-ring (bicyclic) bond motifs is 1. The van der Waals surface area contributed by atoms with Crippen LogP contribution in [0.3, 0.4) is 0 Å². The lowest BCUT2D eigenvalue weighted by molar-refractivity contribution is -0.118. The summed E-state index contributed by atoms with van der Waals surface area (Å²) in [5, 5.41) is 17.0. The number of halogens is 1. The van der Waals surface area contributed by atoms with Crippen LogP contribution in [0.1, 0.15) is 17.2 Å². The molecule has 1 aromatic carbocycles. The van der Waals surface area contributed by atoms with Crippen LogP contribution in [0.4, 0.5) is 0 Å². The van der Waals surface area contributed by atoms with E-state index in [-0.39, 0.29) is 19.1 Å². The summed E-state index contributed by atoms with van der Waals surface area (Å²) in [7, 11) is 0. The first-order valence-corrected chi connectivity index (χ1v) is 8.07. The molecule has 22 heavy (non-hydrogen) atoms. The third-order valence-corrected chi connectivity index (χ3v) is 4.30. The van der Waals surface area contributed by atoms with Crippen LogP contribution in [-0.4, -0.2) is 24.2 Å². The molecule has 114 valence electrons. The van der Waals surface area contributed by atoms with Crippen molar-refractivity contribution in [3.05, 3.63) is 56.7 Å². The minimum Gasteiger partial charge on any atom is -0.488 e. The zero-order valence-corrected chi connectivity index (χ0v) is 13.2. The highest BCUT2D eigenvalue weighted by molar-refractivity contribution is 7.07. The van der Waals surface area contributed by atoms with Crippen LogP contribution in [0.2, 0.25) is 5.02 Å². The summed E-state index contributed by atoms with van der Waals surface area (Å²) < 4.78 is 5.54. The highest BCUT2D eigenvalue weighted by Crippen LogP contribution is 2.29. The molecule has 2 N–H and O–H groups in total. The summed E-state index contributed by atoms with van der Waals surface area (Å²) in [4.78, 5) is 12.2. The third-order valence-electron chi connectivity index (χ3n) is 3.36. The Morgan fingerprint density at radius 2 is 2.32 bits per heavy atom. The zero-order chi connectivity index (χ0) is 15.5. The maximum Gasteiger partial charge on any atom is 0.250 e. The topological polar surface area (TPSA) is 58.6 Å². The van der Waals surface area contributed by atoms with Crippen LogP contribution < -0.4 is 10.1 Å². The van der Waals surface area contributed by atoms with E-state index < -0.39 is 6.10 Å². The number of carbonyl (C=O) groups excluding carboxylic acids is 1. The normalized spacial score (nSPS) is 14.5. The molecule has 2 heterocycles. The van der Waals surface area contributed by atoms with Gasteiger partial charge in [-0.2, -0.15) is 11.3 Å². The number of nitrogens with one attached hydrogen (secondary N) is 1. The van der Waals surface area contributed by atoms with Gasteiger partial charge in [0.1, 0.15) is 12.4 Å². The Labute approximate surface area is 137 Å². The van der Waals surface area contributed by atoms with Crippen molar-refractivity contribution in [1.29, 1.82) is 0 Å². The first kappa shape index (κ1) is 15.1. The molecule has 2 aromatic rings. The number of ether oxygens (including phenoxy) is 1. The highest BCUT2D eigenvalue weighted by Gasteiger charge is 2.18. The molecule has 6 heteroatoms. The van der Waals surface area contributed by atoms with Gasteiger partial charge in [-0.25, -0.2) is 0 Å². The van der Waals surface area contributed by atoms with Crippen molar-refractivity contribution in [2.75, 3.05) is 13.2 Å². The minimum atomic E-state index is -0.706. The van der Waals surface area contributed by atoms with E-state index in [9.17, 15) is 9.90 Å². The summed E-state index contributed by atoms with van der Waals surface area (Å²) in [6.07, 6.45) is 1.05. The Bertz CT molecular complexity index is 712. The molecule has 0 radical (unpaired) electrons. The highest BCUT2D eigenvalue weighted by atomic mass is 35.5. The number of hydrogen-bond donors (Lipinski definition) is 2. The second-order valence-electron chi connectivity index (χ2n) is 4.92. The van der Waals surface area contributed by atoms with Crippen molar-refractivity contribution in [2.24, 2.45) is 0 Å². The molecule has 1 atom stereocenters. The predicted molar refractivity (Wildman–Crippen MR) is 87.2 cm³/mol. The van der Waals surface area contributed by atoms with Crippen molar-refractivity contribution in [3.8, 4) is 5.75 Å². The summed E-state index contributed by atoms with van der Waals surface area (Å²) in [6, 6.07) is 7.12. The molecule has 0 aliphatic carbocycles. The van der Waals surface area contributed by atoms with E-state index in [0.717, 1.165) is 11.1 Å². The number of aliphatic hydroxyl groups is 1. The summed E-state index contributed by atoms with van der Waals surface area (Å²) in [5.41, 5.74) is 2.09.